The average molecular weight is 410 g/mol. The number of nitrogens with one attached hydrogen (secondary N) is 3. The Kier molecular flexibility index (Phi) is 6.56. The summed E-state index contributed by atoms with van der Waals surface area (Å²) in [7, 11) is 0. The van der Waals surface area contributed by atoms with Crippen molar-refractivity contribution in [1.82, 2.24) is 15.3 Å². The minimum Gasteiger partial charge on any atom is -0.494 e. The van der Waals surface area contributed by atoms with Crippen LogP contribution in [-0.2, 0) is 9.53 Å². The summed E-state index contributed by atoms with van der Waals surface area (Å²) in [4.78, 5) is 30.3. The highest BCUT2D eigenvalue weighted by molar-refractivity contribution is 5.94. The third-order valence-corrected chi connectivity index (χ3v) is 4.09. The number of ether oxygens (including phenoxy) is 2. The zero-order valence-corrected chi connectivity index (χ0v) is 17.3. The van der Waals surface area contributed by atoms with Crippen molar-refractivity contribution in [2.45, 2.75) is 32.8 Å². The normalized spacial score (nSPS) is 11.2. The van der Waals surface area contributed by atoms with Crippen LogP contribution >= 0.6 is 0 Å². The Balaban J connectivity index is 1.58. The van der Waals surface area contributed by atoms with Crippen LogP contribution in [0.5, 0.6) is 5.75 Å². The molecule has 8 heteroatoms. The number of aromatic amines is 1. The van der Waals surface area contributed by atoms with Crippen LogP contribution in [0.1, 0.15) is 27.2 Å². The fourth-order valence-corrected chi connectivity index (χ4v) is 2.85. The van der Waals surface area contributed by atoms with Crippen LogP contribution in [0.4, 0.5) is 10.5 Å². The molecule has 0 aliphatic carbocycles. The molecule has 0 spiro atoms. The van der Waals surface area contributed by atoms with Crippen LogP contribution < -0.4 is 15.4 Å². The summed E-state index contributed by atoms with van der Waals surface area (Å²) in [6.45, 7) is 6.39. The van der Waals surface area contributed by atoms with Crippen molar-refractivity contribution in [3.8, 4) is 17.1 Å². The largest absolute Gasteiger partial charge is 0.494 e. The Morgan fingerprint density at radius 1 is 1.20 bits per heavy atom. The molecule has 0 fully saturated rings. The molecule has 3 aromatic rings. The van der Waals surface area contributed by atoms with Crippen LogP contribution in [0, 0.1) is 0 Å². The number of hydrogen-bond donors (Lipinski definition) is 3. The first-order chi connectivity index (χ1) is 14.4. The Labute approximate surface area is 175 Å². The van der Waals surface area contributed by atoms with Gasteiger partial charge in [-0.3, -0.25) is 4.79 Å². The number of aromatic nitrogens is 2. The molecule has 0 atom stereocenters. The number of benzene rings is 2. The molecule has 3 rings (SSSR count). The quantitative estimate of drug-likeness (QED) is 0.383. The molecule has 0 aliphatic rings. The smallest absolute Gasteiger partial charge is 0.407 e. The lowest BCUT2D eigenvalue weighted by Crippen LogP contribution is -2.33. The first kappa shape index (κ1) is 21.2. The molecule has 2 aromatic carbocycles. The van der Waals surface area contributed by atoms with Crippen molar-refractivity contribution in [3.05, 3.63) is 42.5 Å². The molecule has 0 bridgehead atoms. The maximum absolute atomic E-state index is 11.6. The van der Waals surface area contributed by atoms with Gasteiger partial charge in [-0.15, -0.1) is 0 Å². The standard InChI is InChI=1S/C22H26N4O4/c1-22(2,3)30-21(28)23-11-6-12-29-16-8-4-7-15(13-16)20-25-18-10-5-9-17(24-14-27)19(18)26-20/h4-5,7-10,13-14H,6,11-12H2,1-3H3,(H,23,28)(H,24,27)(H,25,26). The van der Waals surface area contributed by atoms with Crippen LogP contribution in [0.25, 0.3) is 22.4 Å². The number of rotatable bonds is 8. The number of anilines is 1. The predicted molar refractivity (Wildman–Crippen MR) is 116 cm³/mol. The fraction of sp³-hybridized carbons (Fsp3) is 0.318. The molecule has 30 heavy (non-hydrogen) atoms. The second-order valence-electron chi connectivity index (χ2n) is 7.71. The molecular weight excluding hydrogens is 384 g/mol. The van der Waals surface area contributed by atoms with Crippen molar-refractivity contribution in [2.24, 2.45) is 0 Å². The second-order valence-corrected chi connectivity index (χ2v) is 7.71. The molecule has 1 heterocycles. The molecule has 0 radical (unpaired) electrons. The number of amides is 2. The number of carbonyl (C=O) groups excluding carboxylic acids is 2. The molecule has 3 N–H and O–H groups in total. The molecule has 0 unspecified atom stereocenters. The minimum absolute atomic E-state index is 0.433. The Morgan fingerprint density at radius 2 is 2.00 bits per heavy atom. The van der Waals surface area contributed by atoms with Gasteiger partial charge >= 0.3 is 6.09 Å². The number of nitrogens with zero attached hydrogens (tertiary/aromatic N) is 1. The van der Waals surface area contributed by atoms with E-state index < -0.39 is 11.7 Å². The summed E-state index contributed by atoms with van der Waals surface area (Å²) in [6.07, 6.45) is 0.849. The van der Waals surface area contributed by atoms with Crippen molar-refractivity contribution < 1.29 is 19.1 Å². The second kappa shape index (κ2) is 9.30. The molecule has 1 aromatic heterocycles. The summed E-state index contributed by atoms with van der Waals surface area (Å²) in [5.74, 6) is 1.39. The van der Waals surface area contributed by atoms with E-state index in [1.54, 1.807) is 6.07 Å². The van der Waals surface area contributed by atoms with Gasteiger partial charge in [0.25, 0.3) is 0 Å². The summed E-state index contributed by atoms with van der Waals surface area (Å²) >= 11 is 0. The lowest BCUT2D eigenvalue weighted by molar-refractivity contribution is -0.105. The van der Waals surface area contributed by atoms with E-state index in [9.17, 15) is 9.59 Å². The molecule has 0 saturated heterocycles. The maximum atomic E-state index is 11.6. The van der Waals surface area contributed by atoms with E-state index in [2.05, 4.69) is 20.6 Å². The third-order valence-electron chi connectivity index (χ3n) is 4.09. The van der Waals surface area contributed by atoms with Gasteiger partial charge < -0.3 is 25.1 Å². The topological polar surface area (TPSA) is 105 Å². The molecule has 0 saturated carbocycles. The van der Waals surface area contributed by atoms with Crippen LogP contribution in [0.3, 0.4) is 0 Å². The van der Waals surface area contributed by atoms with Crippen LogP contribution in [0.15, 0.2) is 42.5 Å². The van der Waals surface area contributed by atoms with Gasteiger partial charge in [-0.25, -0.2) is 9.78 Å². The number of hydrogen-bond acceptors (Lipinski definition) is 5. The third kappa shape index (κ3) is 5.73. The fourth-order valence-electron chi connectivity index (χ4n) is 2.85. The Morgan fingerprint density at radius 3 is 2.77 bits per heavy atom. The summed E-state index contributed by atoms with van der Waals surface area (Å²) in [5.41, 5.74) is 2.53. The molecule has 2 amide bonds. The van der Waals surface area contributed by atoms with Crippen molar-refractivity contribution in [1.29, 1.82) is 0 Å². The first-order valence-corrected chi connectivity index (χ1v) is 9.75. The van der Waals surface area contributed by atoms with E-state index in [1.165, 1.54) is 0 Å². The minimum atomic E-state index is -0.512. The molecule has 0 aliphatic heterocycles. The Bertz CT molecular complexity index is 1020. The van der Waals surface area contributed by atoms with Gasteiger partial charge in [0.2, 0.25) is 6.41 Å². The highest BCUT2D eigenvalue weighted by Crippen LogP contribution is 2.27. The van der Waals surface area contributed by atoms with Gasteiger partial charge in [0, 0.05) is 12.1 Å². The maximum Gasteiger partial charge on any atom is 0.407 e. The molecule has 158 valence electrons. The number of H-pyrrole nitrogens is 1. The molecule has 8 nitrogen and oxygen atoms in total. The zero-order chi connectivity index (χ0) is 21.6. The summed E-state index contributed by atoms with van der Waals surface area (Å²) in [5, 5.41) is 5.37. The first-order valence-electron chi connectivity index (χ1n) is 9.75. The van der Waals surface area contributed by atoms with E-state index in [-0.39, 0.29) is 0 Å². The van der Waals surface area contributed by atoms with Crippen LogP contribution in [-0.4, -0.2) is 41.2 Å². The van der Waals surface area contributed by atoms with E-state index >= 15 is 0 Å². The summed E-state index contributed by atoms with van der Waals surface area (Å²) < 4.78 is 11.0. The summed E-state index contributed by atoms with van der Waals surface area (Å²) in [6, 6.07) is 13.1. The van der Waals surface area contributed by atoms with Gasteiger partial charge in [-0.2, -0.15) is 0 Å². The van der Waals surface area contributed by atoms with Gasteiger partial charge in [0.05, 0.1) is 17.8 Å². The highest BCUT2D eigenvalue weighted by atomic mass is 16.6. The lowest BCUT2D eigenvalue weighted by atomic mass is 10.2. The number of imidazole rings is 1. The van der Waals surface area contributed by atoms with Crippen molar-refractivity contribution >= 4 is 29.2 Å². The van der Waals surface area contributed by atoms with Gasteiger partial charge in [0.1, 0.15) is 22.7 Å². The number of fused-ring (bicyclic) bond motifs is 1. The predicted octanol–water partition coefficient (Wildman–Crippen LogP) is 4.09. The number of alkyl carbamates (subject to hydrolysis) is 1. The zero-order valence-electron chi connectivity index (χ0n) is 17.3. The number of para-hydroxylation sites is 1. The molecular formula is C22H26N4O4. The van der Waals surface area contributed by atoms with Gasteiger partial charge in [0.15, 0.2) is 0 Å². The monoisotopic (exact) mass is 410 g/mol. The van der Waals surface area contributed by atoms with E-state index in [4.69, 9.17) is 9.47 Å². The Hall–Kier alpha value is -3.55. The van der Waals surface area contributed by atoms with E-state index in [0.29, 0.717) is 48.8 Å². The van der Waals surface area contributed by atoms with E-state index in [1.807, 2.05) is 57.2 Å². The van der Waals surface area contributed by atoms with Crippen molar-refractivity contribution in [3.63, 3.8) is 0 Å². The van der Waals surface area contributed by atoms with Gasteiger partial charge in [-0.1, -0.05) is 18.2 Å². The number of carbonyl (C=O) groups is 2. The highest BCUT2D eigenvalue weighted by Gasteiger charge is 2.15. The SMILES string of the molecule is CC(C)(C)OC(=O)NCCCOc1cccc(-c2nc3c(NC=O)cccc3[nH]2)c1. The van der Waals surface area contributed by atoms with E-state index in [0.717, 1.165) is 11.1 Å². The lowest BCUT2D eigenvalue weighted by Gasteiger charge is -2.19. The van der Waals surface area contributed by atoms with Crippen molar-refractivity contribution in [2.75, 3.05) is 18.5 Å². The van der Waals surface area contributed by atoms with Crippen LogP contribution in [0.2, 0.25) is 0 Å². The average Bonchev–Trinajstić information content (AvgIpc) is 3.12. The van der Waals surface area contributed by atoms with Gasteiger partial charge in [-0.05, 0) is 51.5 Å².